The molecule has 0 atom stereocenters. The van der Waals surface area contributed by atoms with E-state index in [0.29, 0.717) is 33.7 Å². The number of carbonyl (C=O) groups excluding carboxylic acids is 1. The van der Waals surface area contributed by atoms with Gasteiger partial charge in [0.05, 0.1) is 17.8 Å². The van der Waals surface area contributed by atoms with E-state index in [0.717, 1.165) is 0 Å². The number of halogens is 1. The summed E-state index contributed by atoms with van der Waals surface area (Å²) >= 11 is 6.13. The van der Waals surface area contributed by atoms with E-state index in [1.54, 1.807) is 38.4 Å². The molecule has 0 saturated carbocycles. The molecule has 0 saturated heterocycles. The number of carbonyl (C=O) groups is 1. The number of hydrogen-bond acceptors (Lipinski definition) is 5. The fourth-order valence-corrected chi connectivity index (χ4v) is 2.52. The average molecular weight is 373 g/mol. The molecule has 134 valence electrons. The number of anilines is 1. The van der Waals surface area contributed by atoms with Gasteiger partial charge in [0.1, 0.15) is 12.3 Å². The molecule has 8 heteroatoms. The molecule has 0 unspecified atom stereocenters. The Bertz CT molecular complexity index is 913. The molecule has 26 heavy (non-hydrogen) atoms. The lowest BCUT2D eigenvalue weighted by Gasteiger charge is -2.17. The maximum absolute atomic E-state index is 12.4. The molecule has 2 aromatic carbocycles. The number of urea groups is 1. The molecule has 0 aliphatic heterocycles. The number of methoxy groups -OCH3 is 1. The lowest BCUT2D eigenvalue weighted by atomic mass is 10.2. The minimum Gasteiger partial charge on any atom is -0.495 e. The Morgan fingerprint density at radius 3 is 2.73 bits per heavy atom. The summed E-state index contributed by atoms with van der Waals surface area (Å²) in [5.41, 5.74) is 1.25. The third-order valence-electron chi connectivity index (χ3n) is 3.65. The van der Waals surface area contributed by atoms with Crippen LogP contribution in [0.5, 0.6) is 5.75 Å². The van der Waals surface area contributed by atoms with Crippen molar-refractivity contribution in [2.24, 2.45) is 0 Å². The maximum atomic E-state index is 12.4. The molecule has 1 heterocycles. The molecular weight excluding hydrogens is 356 g/mol. The lowest BCUT2D eigenvalue weighted by Crippen LogP contribution is -2.31. The van der Waals surface area contributed by atoms with Crippen molar-refractivity contribution in [2.45, 2.75) is 6.54 Å². The van der Waals surface area contributed by atoms with E-state index < -0.39 is 0 Å². The largest absolute Gasteiger partial charge is 0.495 e. The predicted octanol–water partition coefficient (Wildman–Crippen LogP) is 4.06. The maximum Gasteiger partial charge on any atom is 0.322 e. The Labute approximate surface area is 155 Å². The summed E-state index contributed by atoms with van der Waals surface area (Å²) in [7, 11) is 3.17. The molecule has 1 N–H and O–H groups in total. The molecule has 0 fully saturated rings. The zero-order valence-corrected chi connectivity index (χ0v) is 15.0. The number of benzene rings is 2. The highest BCUT2D eigenvalue weighted by molar-refractivity contribution is 6.33. The summed E-state index contributed by atoms with van der Waals surface area (Å²) in [6, 6.07) is 14.0. The van der Waals surface area contributed by atoms with Gasteiger partial charge in [-0.1, -0.05) is 41.0 Å². The Hall–Kier alpha value is -3.06. The number of amides is 2. The summed E-state index contributed by atoms with van der Waals surface area (Å²) in [5, 5.41) is 7.23. The van der Waals surface area contributed by atoms with Crippen LogP contribution in [0.25, 0.3) is 11.4 Å². The fourth-order valence-electron chi connectivity index (χ4n) is 2.30. The molecule has 0 spiro atoms. The molecule has 0 radical (unpaired) electrons. The average Bonchev–Trinajstić information content (AvgIpc) is 3.10. The summed E-state index contributed by atoms with van der Waals surface area (Å²) in [5.74, 6) is 1.26. The number of para-hydroxylation sites is 2. The van der Waals surface area contributed by atoms with Gasteiger partial charge in [0, 0.05) is 12.6 Å². The van der Waals surface area contributed by atoms with Gasteiger partial charge in [0.15, 0.2) is 0 Å². The fraction of sp³-hybridized carbons (Fsp3) is 0.167. The zero-order valence-electron chi connectivity index (χ0n) is 14.3. The number of nitrogens with zero attached hydrogens (tertiary/aromatic N) is 3. The minimum atomic E-state index is -0.327. The highest BCUT2D eigenvalue weighted by atomic mass is 35.5. The summed E-state index contributed by atoms with van der Waals surface area (Å²) in [6.07, 6.45) is 0. The third kappa shape index (κ3) is 3.94. The monoisotopic (exact) mass is 372 g/mol. The Kier molecular flexibility index (Phi) is 5.38. The van der Waals surface area contributed by atoms with Crippen LogP contribution >= 0.6 is 11.6 Å². The van der Waals surface area contributed by atoms with Gasteiger partial charge in [0.25, 0.3) is 0 Å². The van der Waals surface area contributed by atoms with Crippen molar-refractivity contribution in [1.29, 1.82) is 0 Å². The van der Waals surface area contributed by atoms with Gasteiger partial charge in [-0.15, -0.1) is 0 Å². The predicted molar refractivity (Wildman–Crippen MR) is 98.2 cm³/mol. The van der Waals surface area contributed by atoms with Crippen LogP contribution in [-0.4, -0.2) is 35.2 Å². The summed E-state index contributed by atoms with van der Waals surface area (Å²) < 4.78 is 10.4. The van der Waals surface area contributed by atoms with Crippen LogP contribution in [0, 0.1) is 0 Å². The van der Waals surface area contributed by atoms with Crippen molar-refractivity contribution in [3.05, 3.63) is 59.4 Å². The van der Waals surface area contributed by atoms with E-state index in [1.165, 1.54) is 4.90 Å². The molecular formula is C18H17ClN4O3. The second-order valence-electron chi connectivity index (χ2n) is 5.48. The van der Waals surface area contributed by atoms with Gasteiger partial charge in [-0.3, -0.25) is 0 Å². The van der Waals surface area contributed by atoms with Gasteiger partial charge in [-0.25, -0.2) is 4.79 Å². The third-order valence-corrected chi connectivity index (χ3v) is 3.98. The van der Waals surface area contributed by atoms with Crippen LogP contribution in [0.2, 0.25) is 5.02 Å². The van der Waals surface area contributed by atoms with Crippen molar-refractivity contribution >= 4 is 23.3 Å². The first-order valence-electron chi connectivity index (χ1n) is 7.81. The first-order chi connectivity index (χ1) is 12.6. The van der Waals surface area contributed by atoms with Gasteiger partial charge in [0.2, 0.25) is 11.7 Å². The van der Waals surface area contributed by atoms with Crippen molar-refractivity contribution in [3.8, 4) is 17.1 Å². The number of hydrogen-bond donors (Lipinski definition) is 1. The summed E-state index contributed by atoms with van der Waals surface area (Å²) in [4.78, 5) is 18.1. The van der Waals surface area contributed by atoms with Crippen molar-refractivity contribution in [1.82, 2.24) is 15.0 Å². The van der Waals surface area contributed by atoms with E-state index in [2.05, 4.69) is 15.5 Å². The van der Waals surface area contributed by atoms with E-state index in [9.17, 15) is 4.79 Å². The SMILES string of the molecule is COc1ccccc1NC(=O)N(C)Cc1nc(-c2ccccc2Cl)no1. The van der Waals surface area contributed by atoms with E-state index >= 15 is 0 Å². The standard InChI is InChI=1S/C18H17ClN4O3/c1-23(18(24)20-14-9-5-6-10-15(14)25-2)11-16-21-17(22-26-16)12-7-3-4-8-13(12)19/h3-10H,11H2,1-2H3,(H,20,24). The van der Waals surface area contributed by atoms with Gasteiger partial charge in [-0.2, -0.15) is 4.98 Å². The normalized spacial score (nSPS) is 10.4. The molecule has 2 amide bonds. The van der Waals surface area contributed by atoms with Crippen molar-refractivity contribution in [3.63, 3.8) is 0 Å². The van der Waals surface area contributed by atoms with Crippen LogP contribution in [0.4, 0.5) is 10.5 Å². The van der Waals surface area contributed by atoms with Crippen LogP contribution in [0.15, 0.2) is 53.1 Å². The second kappa shape index (κ2) is 7.88. The second-order valence-corrected chi connectivity index (χ2v) is 5.89. The topological polar surface area (TPSA) is 80.5 Å². The van der Waals surface area contributed by atoms with E-state index in [1.807, 2.05) is 24.3 Å². The lowest BCUT2D eigenvalue weighted by molar-refractivity contribution is 0.213. The Morgan fingerprint density at radius 1 is 1.23 bits per heavy atom. The van der Waals surface area contributed by atoms with Gasteiger partial charge >= 0.3 is 6.03 Å². The summed E-state index contributed by atoms with van der Waals surface area (Å²) in [6.45, 7) is 0.151. The number of aromatic nitrogens is 2. The van der Waals surface area contributed by atoms with E-state index in [4.69, 9.17) is 20.9 Å². The van der Waals surface area contributed by atoms with Crippen molar-refractivity contribution < 1.29 is 14.1 Å². The Balaban J connectivity index is 1.67. The molecule has 3 aromatic rings. The van der Waals surface area contributed by atoms with Crippen LogP contribution in [0.1, 0.15) is 5.89 Å². The molecule has 0 aliphatic carbocycles. The van der Waals surface area contributed by atoms with E-state index in [-0.39, 0.29) is 12.6 Å². The van der Waals surface area contributed by atoms with Gasteiger partial charge in [-0.05, 0) is 24.3 Å². The van der Waals surface area contributed by atoms with Crippen molar-refractivity contribution in [2.75, 3.05) is 19.5 Å². The highest BCUT2D eigenvalue weighted by Crippen LogP contribution is 2.25. The molecule has 3 rings (SSSR count). The highest BCUT2D eigenvalue weighted by Gasteiger charge is 2.17. The molecule has 0 aliphatic rings. The molecule has 0 bridgehead atoms. The minimum absolute atomic E-state index is 0.151. The van der Waals surface area contributed by atoms with Crippen LogP contribution < -0.4 is 10.1 Å². The molecule has 7 nitrogen and oxygen atoms in total. The number of nitrogens with one attached hydrogen (secondary N) is 1. The smallest absolute Gasteiger partial charge is 0.322 e. The first kappa shape index (κ1) is 17.8. The first-order valence-corrected chi connectivity index (χ1v) is 8.19. The number of rotatable bonds is 5. The number of ether oxygens (including phenoxy) is 1. The van der Waals surface area contributed by atoms with Crippen LogP contribution in [-0.2, 0) is 6.54 Å². The molecule has 1 aromatic heterocycles. The van der Waals surface area contributed by atoms with Crippen LogP contribution in [0.3, 0.4) is 0 Å². The van der Waals surface area contributed by atoms with Gasteiger partial charge < -0.3 is 19.5 Å². The Morgan fingerprint density at radius 2 is 1.96 bits per heavy atom. The quantitative estimate of drug-likeness (QED) is 0.730. The zero-order chi connectivity index (χ0) is 18.5.